The highest BCUT2D eigenvalue weighted by molar-refractivity contribution is 5.92. The summed E-state index contributed by atoms with van der Waals surface area (Å²) in [6, 6.07) is 15.8. The average Bonchev–Trinajstić information content (AvgIpc) is 3.34. The van der Waals surface area contributed by atoms with Gasteiger partial charge in [-0.05, 0) is 60.5 Å². The Morgan fingerprint density at radius 3 is 2.46 bits per heavy atom. The van der Waals surface area contributed by atoms with E-state index in [0.717, 1.165) is 39.4 Å². The highest BCUT2D eigenvalue weighted by Gasteiger charge is 2.25. The molecule has 1 atom stereocenters. The summed E-state index contributed by atoms with van der Waals surface area (Å²) in [7, 11) is 1.63. The third-order valence-electron chi connectivity index (χ3n) is 6.38. The van der Waals surface area contributed by atoms with Crippen LogP contribution in [0.25, 0.3) is 22.3 Å². The number of halogens is 1. The summed E-state index contributed by atoms with van der Waals surface area (Å²) < 4.78 is 18.5. The molecule has 0 spiro atoms. The van der Waals surface area contributed by atoms with Crippen LogP contribution >= 0.6 is 0 Å². The van der Waals surface area contributed by atoms with Crippen molar-refractivity contribution < 1.29 is 13.9 Å². The number of ether oxygens (including phenoxy) is 1. The van der Waals surface area contributed by atoms with Crippen molar-refractivity contribution in [1.82, 2.24) is 25.2 Å². The normalized spacial score (nSPS) is 14.7. The quantitative estimate of drug-likeness (QED) is 0.449. The van der Waals surface area contributed by atoms with Crippen LogP contribution in [-0.2, 0) is 0 Å². The number of carbonyl (C=O) groups is 1. The molecule has 0 radical (unpaired) electrons. The lowest BCUT2D eigenvalue weighted by atomic mass is 10.1. The van der Waals surface area contributed by atoms with Gasteiger partial charge in [-0.2, -0.15) is 0 Å². The van der Waals surface area contributed by atoms with E-state index in [0.29, 0.717) is 26.2 Å². The third-order valence-corrected chi connectivity index (χ3v) is 6.38. The first-order valence-corrected chi connectivity index (χ1v) is 11.6. The third kappa shape index (κ3) is 4.75. The summed E-state index contributed by atoms with van der Waals surface area (Å²) in [5.74, 6) is 1.34. The van der Waals surface area contributed by atoms with E-state index < -0.39 is 0 Å². The number of aromatic amines is 1. The first-order valence-electron chi connectivity index (χ1n) is 11.6. The number of aromatic nitrogens is 3. The van der Waals surface area contributed by atoms with Crippen molar-refractivity contribution in [3.63, 3.8) is 0 Å². The van der Waals surface area contributed by atoms with Gasteiger partial charge < -0.3 is 24.8 Å². The lowest BCUT2D eigenvalue weighted by Gasteiger charge is -2.36. The summed E-state index contributed by atoms with van der Waals surface area (Å²) in [6.45, 7) is 4.46. The van der Waals surface area contributed by atoms with Crippen molar-refractivity contribution in [3.8, 4) is 17.0 Å². The molecule has 8 nitrogen and oxygen atoms in total. The van der Waals surface area contributed by atoms with Crippen LogP contribution in [0, 0.1) is 5.82 Å². The van der Waals surface area contributed by atoms with E-state index in [1.807, 2.05) is 42.2 Å². The highest BCUT2D eigenvalue weighted by atomic mass is 19.1. The molecule has 3 heterocycles. The van der Waals surface area contributed by atoms with Crippen molar-refractivity contribution in [3.05, 3.63) is 72.3 Å². The van der Waals surface area contributed by atoms with Gasteiger partial charge in [-0.25, -0.2) is 19.2 Å². The zero-order valence-corrected chi connectivity index (χ0v) is 19.7. The summed E-state index contributed by atoms with van der Waals surface area (Å²) in [6.07, 6.45) is 1.54. The van der Waals surface area contributed by atoms with Gasteiger partial charge in [0.25, 0.3) is 0 Å². The van der Waals surface area contributed by atoms with E-state index in [2.05, 4.69) is 25.2 Å². The SMILES string of the molecule is COc1ccc([C@@H](C)NC(=O)N2CCN(c3ncnc4[nH]c(-c5ccc(F)cc5)cc34)CC2)cc1. The second-order valence-electron chi connectivity index (χ2n) is 8.57. The van der Waals surface area contributed by atoms with Crippen LogP contribution in [0.4, 0.5) is 15.0 Å². The van der Waals surface area contributed by atoms with Gasteiger partial charge >= 0.3 is 6.03 Å². The number of hydrogen-bond donors (Lipinski definition) is 2. The molecule has 2 aromatic carbocycles. The monoisotopic (exact) mass is 474 g/mol. The van der Waals surface area contributed by atoms with Crippen LogP contribution in [-0.4, -0.2) is 59.2 Å². The van der Waals surface area contributed by atoms with E-state index >= 15 is 0 Å². The van der Waals surface area contributed by atoms with Gasteiger partial charge in [0.05, 0.1) is 18.5 Å². The van der Waals surface area contributed by atoms with Crippen LogP contribution in [0.1, 0.15) is 18.5 Å². The Hall–Kier alpha value is -4.14. The number of methoxy groups -OCH3 is 1. The van der Waals surface area contributed by atoms with Gasteiger partial charge in [0, 0.05) is 31.9 Å². The molecule has 2 N–H and O–H groups in total. The van der Waals surface area contributed by atoms with Crippen molar-refractivity contribution in [2.24, 2.45) is 0 Å². The molecule has 180 valence electrons. The molecule has 0 bridgehead atoms. The van der Waals surface area contributed by atoms with Crippen molar-refractivity contribution in [2.75, 3.05) is 38.2 Å². The molecule has 1 aliphatic rings. The molecule has 4 aromatic rings. The van der Waals surface area contributed by atoms with Gasteiger partial charge in [-0.15, -0.1) is 0 Å². The number of rotatable bonds is 5. The van der Waals surface area contributed by atoms with Crippen LogP contribution in [0.15, 0.2) is 60.9 Å². The molecule has 2 amide bonds. The second-order valence-corrected chi connectivity index (χ2v) is 8.57. The number of carbonyl (C=O) groups excluding carboxylic acids is 1. The second kappa shape index (κ2) is 9.61. The number of H-pyrrole nitrogens is 1. The molecular formula is C26H27FN6O2. The molecule has 0 aliphatic carbocycles. The van der Waals surface area contributed by atoms with E-state index in [4.69, 9.17) is 4.74 Å². The Labute approximate surface area is 202 Å². The minimum atomic E-state index is -0.273. The van der Waals surface area contributed by atoms with Gasteiger partial charge in [-0.1, -0.05) is 12.1 Å². The molecular weight excluding hydrogens is 447 g/mol. The molecule has 1 fully saturated rings. The predicted octanol–water partition coefficient (Wildman–Crippen LogP) is 4.37. The summed E-state index contributed by atoms with van der Waals surface area (Å²) in [4.78, 5) is 29.1. The summed E-state index contributed by atoms with van der Waals surface area (Å²) >= 11 is 0. The lowest BCUT2D eigenvalue weighted by molar-refractivity contribution is 0.191. The number of fused-ring (bicyclic) bond motifs is 1. The standard InChI is InChI=1S/C26H27FN6O2/c1-17(18-5-9-21(35-2)10-6-18)30-26(34)33-13-11-32(12-14-33)25-22-15-23(31-24(22)28-16-29-25)19-3-7-20(27)8-4-19/h3-10,15-17H,11-14H2,1-2H3,(H,30,34)(H,28,29,31)/t17-/m1/s1. The average molecular weight is 475 g/mol. The van der Waals surface area contributed by atoms with Crippen LogP contribution in [0.3, 0.4) is 0 Å². The maximum atomic E-state index is 13.3. The zero-order valence-electron chi connectivity index (χ0n) is 19.7. The smallest absolute Gasteiger partial charge is 0.317 e. The number of nitrogens with one attached hydrogen (secondary N) is 2. The van der Waals surface area contributed by atoms with Crippen molar-refractivity contribution in [1.29, 1.82) is 0 Å². The van der Waals surface area contributed by atoms with Crippen molar-refractivity contribution >= 4 is 22.9 Å². The molecule has 2 aromatic heterocycles. The first kappa shape index (κ1) is 22.6. The molecule has 5 rings (SSSR count). The minimum absolute atomic E-state index is 0.0824. The number of benzene rings is 2. The number of nitrogens with zero attached hydrogens (tertiary/aromatic N) is 4. The molecule has 0 unspecified atom stereocenters. The predicted molar refractivity (Wildman–Crippen MR) is 133 cm³/mol. The Kier molecular flexibility index (Phi) is 6.22. The summed E-state index contributed by atoms with van der Waals surface area (Å²) in [5, 5.41) is 3.98. The first-order chi connectivity index (χ1) is 17.0. The number of piperazine rings is 1. The largest absolute Gasteiger partial charge is 0.497 e. The topological polar surface area (TPSA) is 86.4 Å². The van der Waals surface area contributed by atoms with Gasteiger partial charge in [-0.3, -0.25) is 0 Å². The molecule has 1 aliphatic heterocycles. The zero-order chi connectivity index (χ0) is 24.4. The van der Waals surface area contributed by atoms with Gasteiger partial charge in [0.2, 0.25) is 0 Å². The maximum absolute atomic E-state index is 13.3. The Morgan fingerprint density at radius 1 is 1.06 bits per heavy atom. The number of urea groups is 1. The lowest BCUT2D eigenvalue weighted by Crippen LogP contribution is -2.52. The molecule has 9 heteroatoms. The Morgan fingerprint density at radius 2 is 1.77 bits per heavy atom. The van der Waals surface area contributed by atoms with Gasteiger partial charge in [0.15, 0.2) is 0 Å². The van der Waals surface area contributed by atoms with Crippen LogP contribution in [0.5, 0.6) is 5.75 Å². The number of amides is 2. The molecule has 35 heavy (non-hydrogen) atoms. The minimum Gasteiger partial charge on any atom is -0.497 e. The van der Waals surface area contributed by atoms with E-state index in [1.165, 1.54) is 18.5 Å². The van der Waals surface area contributed by atoms with E-state index in [1.54, 1.807) is 19.2 Å². The van der Waals surface area contributed by atoms with Crippen LogP contribution in [0.2, 0.25) is 0 Å². The fourth-order valence-corrected chi connectivity index (χ4v) is 4.34. The fraction of sp³-hybridized carbons (Fsp3) is 0.269. The Bertz CT molecular complexity index is 1310. The fourth-order valence-electron chi connectivity index (χ4n) is 4.34. The van der Waals surface area contributed by atoms with Gasteiger partial charge in [0.1, 0.15) is 29.4 Å². The summed E-state index contributed by atoms with van der Waals surface area (Å²) in [5.41, 5.74) is 3.48. The Balaban J connectivity index is 1.24. The van der Waals surface area contributed by atoms with Crippen molar-refractivity contribution in [2.45, 2.75) is 13.0 Å². The molecule has 1 saturated heterocycles. The van der Waals surface area contributed by atoms with E-state index in [9.17, 15) is 9.18 Å². The molecule has 0 saturated carbocycles. The van der Waals surface area contributed by atoms with Crippen LogP contribution < -0.4 is 15.0 Å². The number of hydrogen-bond acceptors (Lipinski definition) is 5. The number of anilines is 1. The maximum Gasteiger partial charge on any atom is 0.317 e. The van der Waals surface area contributed by atoms with E-state index in [-0.39, 0.29) is 17.9 Å². The highest BCUT2D eigenvalue weighted by Crippen LogP contribution is 2.29.